The molecule has 0 unspecified atom stereocenters. The molecular formula is C15H12Cl2N2O6S. The molecule has 0 aliphatic rings. The van der Waals surface area contributed by atoms with Crippen molar-refractivity contribution >= 4 is 50.6 Å². The first-order valence-corrected chi connectivity index (χ1v) is 9.16. The van der Waals surface area contributed by atoms with Crippen LogP contribution in [0, 0.1) is 10.1 Å². The first kappa shape index (κ1) is 20.0. The normalized spacial score (nSPS) is 11.0. The fourth-order valence-electron chi connectivity index (χ4n) is 2.14. The van der Waals surface area contributed by atoms with Crippen molar-refractivity contribution in [3.8, 4) is 0 Å². The highest BCUT2D eigenvalue weighted by Crippen LogP contribution is 2.38. The van der Waals surface area contributed by atoms with E-state index in [0.29, 0.717) is 4.31 Å². The Morgan fingerprint density at radius 1 is 1.15 bits per heavy atom. The fraction of sp³-hybridized carbons (Fsp3) is 0.133. The van der Waals surface area contributed by atoms with Crippen molar-refractivity contribution in [1.82, 2.24) is 0 Å². The number of halogens is 2. The largest absolute Gasteiger partial charge is 0.468 e. The van der Waals surface area contributed by atoms with E-state index in [9.17, 15) is 23.3 Å². The van der Waals surface area contributed by atoms with Gasteiger partial charge in [0.2, 0.25) is 0 Å². The lowest BCUT2D eigenvalue weighted by molar-refractivity contribution is -0.387. The van der Waals surface area contributed by atoms with Gasteiger partial charge in [-0.25, -0.2) is 8.42 Å². The molecule has 0 saturated heterocycles. The Balaban J connectivity index is 2.73. The molecule has 8 nitrogen and oxygen atoms in total. The van der Waals surface area contributed by atoms with Crippen molar-refractivity contribution in [3.05, 3.63) is 62.6 Å². The Hall–Kier alpha value is -2.36. The number of methoxy groups -OCH3 is 1. The van der Waals surface area contributed by atoms with Crippen molar-refractivity contribution < 1.29 is 22.9 Å². The molecule has 0 spiro atoms. The van der Waals surface area contributed by atoms with Gasteiger partial charge in [0, 0.05) is 6.07 Å². The van der Waals surface area contributed by atoms with Crippen molar-refractivity contribution in [3.63, 3.8) is 0 Å². The molecule has 11 heteroatoms. The average molecular weight is 419 g/mol. The molecule has 0 amide bonds. The quantitative estimate of drug-likeness (QED) is 0.404. The Morgan fingerprint density at radius 2 is 1.73 bits per heavy atom. The van der Waals surface area contributed by atoms with Gasteiger partial charge in [-0.15, -0.1) is 0 Å². The molecular weight excluding hydrogens is 407 g/mol. The standard InChI is InChI=1S/C15H12Cl2N2O6S/c1-25-14(20)9-18(15-10(16)5-4-6-11(15)17)26(23,24)13-8-3-2-7-12(13)19(21)22/h2-8H,9H2,1H3. The number of rotatable bonds is 6. The smallest absolute Gasteiger partial charge is 0.326 e. The molecule has 2 aromatic rings. The van der Waals surface area contributed by atoms with Crippen LogP contribution in [0.1, 0.15) is 0 Å². The van der Waals surface area contributed by atoms with E-state index in [1.54, 1.807) is 0 Å². The third-order valence-electron chi connectivity index (χ3n) is 3.32. The maximum absolute atomic E-state index is 13.1. The topological polar surface area (TPSA) is 107 Å². The molecule has 138 valence electrons. The summed E-state index contributed by atoms with van der Waals surface area (Å²) < 4.78 is 31.3. The Bertz CT molecular complexity index is 944. The maximum atomic E-state index is 13.1. The third kappa shape index (κ3) is 3.90. The first-order valence-electron chi connectivity index (χ1n) is 6.97. The number of anilines is 1. The first-order chi connectivity index (χ1) is 12.2. The summed E-state index contributed by atoms with van der Waals surface area (Å²) in [5.41, 5.74) is -0.829. The molecule has 0 bridgehead atoms. The minimum atomic E-state index is -4.56. The molecule has 0 saturated carbocycles. The Labute approximate surface area is 159 Å². The SMILES string of the molecule is COC(=O)CN(c1c(Cl)cccc1Cl)S(=O)(=O)c1ccccc1[N+](=O)[O-]. The van der Waals surface area contributed by atoms with Crippen LogP contribution in [-0.4, -0.2) is 33.0 Å². The van der Waals surface area contributed by atoms with Gasteiger partial charge >= 0.3 is 5.97 Å². The fourth-order valence-corrected chi connectivity index (χ4v) is 4.45. The van der Waals surface area contributed by atoms with E-state index in [1.165, 1.54) is 30.3 Å². The molecule has 0 N–H and O–H groups in total. The molecule has 0 aromatic heterocycles. The Morgan fingerprint density at radius 3 is 2.27 bits per heavy atom. The lowest BCUT2D eigenvalue weighted by Gasteiger charge is -2.25. The van der Waals surface area contributed by atoms with Gasteiger partial charge in [-0.2, -0.15) is 0 Å². The molecule has 26 heavy (non-hydrogen) atoms. The Kier molecular flexibility index (Phi) is 6.06. The van der Waals surface area contributed by atoms with Crippen LogP contribution in [0.4, 0.5) is 11.4 Å². The summed E-state index contributed by atoms with van der Waals surface area (Å²) in [7, 11) is -3.48. The number of para-hydroxylation sites is 2. The van der Waals surface area contributed by atoms with E-state index in [0.717, 1.165) is 19.2 Å². The van der Waals surface area contributed by atoms with Crippen LogP contribution in [0.5, 0.6) is 0 Å². The van der Waals surface area contributed by atoms with Crippen LogP contribution in [0.2, 0.25) is 10.0 Å². The molecule has 0 atom stereocenters. The van der Waals surface area contributed by atoms with Crippen LogP contribution < -0.4 is 4.31 Å². The predicted molar refractivity (Wildman–Crippen MR) is 96.1 cm³/mol. The zero-order valence-corrected chi connectivity index (χ0v) is 15.6. The number of hydrogen-bond donors (Lipinski definition) is 0. The lowest BCUT2D eigenvalue weighted by atomic mass is 10.3. The van der Waals surface area contributed by atoms with E-state index in [1.807, 2.05) is 0 Å². The average Bonchev–Trinajstić information content (AvgIpc) is 2.60. The molecule has 2 rings (SSSR count). The monoisotopic (exact) mass is 418 g/mol. The summed E-state index contributed by atoms with van der Waals surface area (Å²) in [6.07, 6.45) is 0. The van der Waals surface area contributed by atoms with Crippen molar-refractivity contribution in [2.75, 3.05) is 18.0 Å². The number of nitro groups is 1. The van der Waals surface area contributed by atoms with E-state index < -0.39 is 38.0 Å². The van der Waals surface area contributed by atoms with Crippen LogP contribution in [0.25, 0.3) is 0 Å². The summed E-state index contributed by atoms with van der Waals surface area (Å²) in [6.45, 7) is -0.770. The number of carbonyl (C=O) groups excluding carboxylic acids is 1. The number of esters is 1. The predicted octanol–water partition coefficient (Wildman–Crippen LogP) is 3.27. The molecule has 0 fully saturated rings. The van der Waals surface area contributed by atoms with Crippen LogP contribution in [0.3, 0.4) is 0 Å². The van der Waals surface area contributed by atoms with Gasteiger partial charge in [-0.05, 0) is 18.2 Å². The number of carbonyl (C=O) groups is 1. The number of benzene rings is 2. The van der Waals surface area contributed by atoms with Crippen LogP contribution in [0.15, 0.2) is 47.4 Å². The number of hydrogen-bond acceptors (Lipinski definition) is 6. The van der Waals surface area contributed by atoms with Crippen molar-refractivity contribution in [2.45, 2.75) is 4.90 Å². The van der Waals surface area contributed by atoms with Gasteiger partial charge < -0.3 is 4.74 Å². The zero-order chi connectivity index (χ0) is 19.5. The second-order valence-electron chi connectivity index (χ2n) is 4.88. The van der Waals surface area contributed by atoms with Gasteiger partial charge in [0.1, 0.15) is 6.54 Å². The number of sulfonamides is 1. The third-order valence-corrected chi connectivity index (χ3v) is 5.72. The van der Waals surface area contributed by atoms with Gasteiger partial charge in [0.05, 0.1) is 27.8 Å². The molecule has 0 heterocycles. The number of nitrogens with zero attached hydrogens (tertiary/aromatic N) is 2. The summed E-state index contributed by atoms with van der Waals surface area (Å²) >= 11 is 12.1. The van der Waals surface area contributed by atoms with Crippen LogP contribution in [-0.2, 0) is 19.6 Å². The second-order valence-corrected chi connectivity index (χ2v) is 7.53. The molecule has 2 aromatic carbocycles. The maximum Gasteiger partial charge on any atom is 0.326 e. The molecule has 0 aliphatic carbocycles. The lowest BCUT2D eigenvalue weighted by Crippen LogP contribution is -2.37. The van der Waals surface area contributed by atoms with E-state index in [2.05, 4.69) is 4.74 Å². The minimum Gasteiger partial charge on any atom is -0.468 e. The summed E-state index contributed by atoms with van der Waals surface area (Å²) in [6, 6.07) is 8.99. The van der Waals surface area contributed by atoms with Gasteiger partial charge in [-0.3, -0.25) is 19.2 Å². The van der Waals surface area contributed by atoms with E-state index in [-0.39, 0.29) is 15.7 Å². The van der Waals surface area contributed by atoms with Gasteiger partial charge in [0.25, 0.3) is 15.7 Å². The van der Waals surface area contributed by atoms with Crippen LogP contribution >= 0.6 is 23.2 Å². The minimum absolute atomic E-state index is 0.0523. The zero-order valence-electron chi connectivity index (χ0n) is 13.3. The highest BCUT2D eigenvalue weighted by atomic mass is 35.5. The van der Waals surface area contributed by atoms with Crippen molar-refractivity contribution in [2.24, 2.45) is 0 Å². The van der Waals surface area contributed by atoms with Gasteiger partial charge in [-0.1, -0.05) is 41.4 Å². The van der Waals surface area contributed by atoms with E-state index >= 15 is 0 Å². The molecule has 0 aliphatic heterocycles. The molecule has 0 radical (unpaired) electrons. The van der Waals surface area contributed by atoms with E-state index in [4.69, 9.17) is 23.2 Å². The highest BCUT2D eigenvalue weighted by Gasteiger charge is 2.35. The van der Waals surface area contributed by atoms with Crippen molar-refractivity contribution in [1.29, 1.82) is 0 Å². The number of nitro benzene ring substituents is 1. The summed E-state index contributed by atoms with van der Waals surface area (Å²) in [5, 5.41) is 11.1. The summed E-state index contributed by atoms with van der Waals surface area (Å²) in [4.78, 5) is 21.5. The second kappa shape index (κ2) is 7.90. The summed E-state index contributed by atoms with van der Waals surface area (Å²) in [5.74, 6) is -0.900. The van der Waals surface area contributed by atoms with Gasteiger partial charge in [0.15, 0.2) is 4.90 Å². The highest BCUT2D eigenvalue weighted by molar-refractivity contribution is 7.93. The number of ether oxygens (including phenoxy) is 1.